The van der Waals surface area contributed by atoms with Gasteiger partial charge in [0.15, 0.2) is 0 Å². The maximum Gasteiger partial charge on any atom is 0.0963 e. The van der Waals surface area contributed by atoms with E-state index >= 15 is 0 Å². The predicted molar refractivity (Wildman–Crippen MR) is 69.9 cm³/mol. The Hall–Kier alpha value is -0.620. The molecule has 1 saturated heterocycles. The second-order valence-electron chi connectivity index (χ2n) is 4.51. The second kappa shape index (κ2) is 6.02. The van der Waals surface area contributed by atoms with Gasteiger partial charge in [-0.25, -0.2) is 0 Å². The average Bonchev–Trinajstić information content (AvgIpc) is 2.67. The van der Waals surface area contributed by atoms with E-state index in [0.29, 0.717) is 31.3 Å². The molecule has 0 bridgehead atoms. The fourth-order valence-corrected chi connectivity index (χ4v) is 2.38. The highest BCUT2D eigenvalue weighted by Gasteiger charge is 2.25. The highest BCUT2D eigenvalue weighted by Crippen LogP contribution is 2.22. The average molecular weight is 274 g/mol. The number of halogens is 1. The summed E-state index contributed by atoms with van der Waals surface area (Å²) in [6, 6.07) is -0.121. The molecule has 1 aliphatic rings. The largest absolute Gasteiger partial charge is 0.376 e. The van der Waals surface area contributed by atoms with Crippen molar-refractivity contribution < 1.29 is 9.47 Å². The van der Waals surface area contributed by atoms with Crippen molar-refractivity contribution in [3.8, 4) is 0 Å². The van der Waals surface area contributed by atoms with Crippen LogP contribution in [0.3, 0.4) is 0 Å². The van der Waals surface area contributed by atoms with Gasteiger partial charge in [0, 0.05) is 19.0 Å². The molecule has 2 heterocycles. The third-order valence-corrected chi connectivity index (χ3v) is 3.69. The Kier molecular flexibility index (Phi) is 4.61. The monoisotopic (exact) mass is 273 g/mol. The van der Waals surface area contributed by atoms with Crippen LogP contribution in [-0.4, -0.2) is 41.7 Å². The van der Waals surface area contributed by atoms with E-state index in [2.05, 4.69) is 5.10 Å². The van der Waals surface area contributed by atoms with Crippen LogP contribution in [0.5, 0.6) is 0 Å². The molecule has 0 amide bonds. The molecule has 2 rings (SSSR count). The third kappa shape index (κ3) is 2.85. The summed E-state index contributed by atoms with van der Waals surface area (Å²) in [7, 11) is 0. The van der Waals surface area contributed by atoms with E-state index in [1.807, 2.05) is 18.5 Å². The lowest BCUT2D eigenvalue weighted by molar-refractivity contribution is -0.0969. The van der Waals surface area contributed by atoms with E-state index in [9.17, 15) is 0 Å². The van der Waals surface area contributed by atoms with Gasteiger partial charge in [-0.3, -0.25) is 4.68 Å². The van der Waals surface area contributed by atoms with Crippen molar-refractivity contribution in [3.63, 3.8) is 0 Å². The maximum absolute atomic E-state index is 6.26. The molecule has 0 aromatic carbocycles. The molecule has 2 N–H and O–H groups in total. The van der Waals surface area contributed by atoms with Crippen molar-refractivity contribution in [3.05, 3.63) is 16.4 Å². The van der Waals surface area contributed by atoms with Crippen LogP contribution in [0, 0.1) is 6.92 Å². The first-order chi connectivity index (χ1) is 8.63. The Bertz CT molecular complexity index is 402. The first kappa shape index (κ1) is 13.8. The van der Waals surface area contributed by atoms with Crippen molar-refractivity contribution in [2.75, 3.05) is 19.8 Å². The topological polar surface area (TPSA) is 62.3 Å². The quantitative estimate of drug-likeness (QED) is 0.894. The highest BCUT2D eigenvalue weighted by molar-refractivity contribution is 6.31. The Balaban J connectivity index is 2.08. The van der Waals surface area contributed by atoms with Crippen molar-refractivity contribution in [1.82, 2.24) is 9.78 Å². The summed E-state index contributed by atoms with van der Waals surface area (Å²) in [6.07, 6.45) is 0.594. The zero-order valence-electron chi connectivity index (χ0n) is 10.9. The molecule has 1 aromatic heterocycles. The Morgan fingerprint density at radius 1 is 1.56 bits per heavy atom. The second-order valence-corrected chi connectivity index (χ2v) is 4.89. The Morgan fingerprint density at radius 2 is 2.33 bits per heavy atom. The molecular formula is C12H20ClN3O2. The predicted octanol–water partition coefficient (Wildman–Crippen LogP) is 1.15. The molecule has 18 heavy (non-hydrogen) atoms. The standard InChI is InChI=1S/C12H20ClN3O2/c1-3-16-10(12(13)8(2)15-16)6-9(14)11-7-17-4-5-18-11/h9,11H,3-7,14H2,1-2H3. The van der Waals surface area contributed by atoms with Crippen molar-refractivity contribution in [2.24, 2.45) is 5.73 Å². The number of hydrogen-bond acceptors (Lipinski definition) is 4. The number of rotatable bonds is 4. The van der Waals surface area contributed by atoms with Gasteiger partial charge in [0.1, 0.15) is 0 Å². The molecule has 0 spiro atoms. The number of aryl methyl sites for hydroxylation is 2. The van der Waals surface area contributed by atoms with E-state index in [-0.39, 0.29) is 12.1 Å². The van der Waals surface area contributed by atoms with E-state index in [4.69, 9.17) is 26.8 Å². The minimum atomic E-state index is -0.121. The summed E-state index contributed by atoms with van der Waals surface area (Å²) < 4.78 is 12.9. The SMILES string of the molecule is CCn1nc(C)c(Cl)c1CC(N)C1COCCO1. The Labute approximate surface area is 112 Å². The van der Waals surface area contributed by atoms with Crippen LogP contribution in [0.15, 0.2) is 0 Å². The normalized spacial score (nSPS) is 22.1. The minimum absolute atomic E-state index is 0.0599. The lowest BCUT2D eigenvalue weighted by atomic mass is 10.1. The summed E-state index contributed by atoms with van der Waals surface area (Å²) >= 11 is 6.26. The van der Waals surface area contributed by atoms with Gasteiger partial charge in [0.2, 0.25) is 0 Å². The molecule has 2 atom stereocenters. The van der Waals surface area contributed by atoms with Crippen LogP contribution in [-0.2, 0) is 22.4 Å². The third-order valence-electron chi connectivity index (χ3n) is 3.20. The first-order valence-electron chi connectivity index (χ1n) is 6.30. The number of ether oxygens (including phenoxy) is 2. The molecular weight excluding hydrogens is 254 g/mol. The number of nitrogens with two attached hydrogens (primary N) is 1. The zero-order valence-corrected chi connectivity index (χ0v) is 11.6. The van der Waals surface area contributed by atoms with Crippen LogP contribution in [0.25, 0.3) is 0 Å². The van der Waals surface area contributed by atoms with E-state index in [0.717, 1.165) is 17.9 Å². The zero-order chi connectivity index (χ0) is 13.1. The first-order valence-corrected chi connectivity index (χ1v) is 6.68. The van der Waals surface area contributed by atoms with Crippen LogP contribution in [0.2, 0.25) is 5.02 Å². The van der Waals surface area contributed by atoms with Crippen LogP contribution < -0.4 is 5.73 Å². The molecule has 0 saturated carbocycles. The highest BCUT2D eigenvalue weighted by atomic mass is 35.5. The van der Waals surface area contributed by atoms with Crippen molar-refractivity contribution in [2.45, 2.75) is 39.0 Å². The van der Waals surface area contributed by atoms with Gasteiger partial charge in [-0.2, -0.15) is 5.10 Å². The van der Waals surface area contributed by atoms with E-state index in [1.165, 1.54) is 0 Å². The van der Waals surface area contributed by atoms with Crippen LogP contribution in [0.1, 0.15) is 18.3 Å². The molecule has 5 nitrogen and oxygen atoms in total. The molecule has 102 valence electrons. The van der Waals surface area contributed by atoms with Gasteiger partial charge in [-0.05, 0) is 13.8 Å². The van der Waals surface area contributed by atoms with Gasteiger partial charge >= 0.3 is 0 Å². The smallest absolute Gasteiger partial charge is 0.0963 e. The summed E-state index contributed by atoms with van der Waals surface area (Å²) in [6.45, 7) is 6.55. The van der Waals surface area contributed by atoms with Crippen LogP contribution in [0.4, 0.5) is 0 Å². The van der Waals surface area contributed by atoms with Gasteiger partial charge in [0.25, 0.3) is 0 Å². The number of aromatic nitrogens is 2. The number of nitrogens with zero attached hydrogens (tertiary/aromatic N) is 2. The van der Waals surface area contributed by atoms with Gasteiger partial charge in [-0.1, -0.05) is 11.6 Å². The molecule has 0 radical (unpaired) electrons. The van der Waals surface area contributed by atoms with E-state index in [1.54, 1.807) is 0 Å². The minimum Gasteiger partial charge on any atom is -0.376 e. The summed E-state index contributed by atoms with van der Waals surface area (Å²) in [5.74, 6) is 0. The number of hydrogen-bond donors (Lipinski definition) is 1. The van der Waals surface area contributed by atoms with Crippen LogP contribution >= 0.6 is 11.6 Å². The lowest BCUT2D eigenvalue weighted by Crippen LogP contribution is -2.45. The fourth-order valence-electron chi connectivity index (χ4n) is 2.17. The van der Waals surface area contributed by atoms with E-state index < -0.39 is 0 Å². The molecule has 1 fully saturated rings. The van der Waals surface area contributed by atoms with Gasteiger partial charge < -0.3 is 15.2 Å². The fraction of sp³-hybridized carbons (Fsp3) is 0.750. The Morgan fingerprint density at radius 3 is 2.94 bits per heavy atom. The molecule has 2 unspecified atom stereocenters. The molecule has 1 aromatic rings. The summed E-state index contributed by atoms with van der Waals surface area (Å²) in [5, 5.41) is 5.10. The summed E-state index contributed by atoms with van der Waals surface area (Å²) in [4.78, 5) is 0. The van der Waals surface area contributed by atoms with Crippen molar-refractivity contribution >= 4 is 11.6 Å². The molecule has 1 aliphatic heterocycles. The maximum atomic E-state index is 6.26. The molecule has 0 aliphatic carbocycles. The summed E-state index contributed by atoms with van der Waals surface area (Å²) in [5.41, 5.74) is 8.01. The lowest BCUT2D eigenvalue weighted by Gasteiger charge is -2.28. The van der Waals surface area contributed by atoms with Crippen molar-refractivity contribution in [1.29, 1.82) is 0 Å². The van der Waals surface area contributed by atoms with Gasteiger partial charge in [-0.15, -0.1) is 0 Å². The molecule has 6 heteroatoms. The van der Waals surface area contributed by atoms with Gasteiger partial charge in [0.05, 0.1) is 42.3 Å².